The summed E-state index contributed by atoms with van der Waals surface area (Å²) in [6.45, 7) is 0. The molecule has 5 heteroatoms. The van der Waals surface area contributed by atoms with E-state index in [4.69, 9.17) is 4.74 Å². The first kappa shape index (κ1) is 12.6. The molecule has 0 bridgehead atoms. The Bertz CT molecular complexity index is 777. The molecule has 0 aliphatic carbocycles. The molecule has 0 atom stereocenters. The molecule has 0 amide bonds. The number of non-ortho nitro benzene ring substituents is 1. The van der Waals surface area contributed by atoms with Gasteiger partial charge in [-0.05, 0) is 35.9 Å². The topological polar surface area (TPSA) is 52.4 Å². The second-order valence-corrected chi connectivity index (χ2v) is 5.37. The van der Waals surface area contributed by atoms with Gasteiger partial charge in [0.2, 0.25) is 0 Å². The van der Waals surface area contributed by atoms with E-state index in [0.717, 1.165) is 26.3 Å². The summed E-state index contributed by atoms with van der Waals surface area (Å²) in [5.74, 6) is 0.840. The average molecular weight is 285 g/mol. The summed E-state index contributed by atoms with van der Waals surface area (Å²) in [5.41, 5.74) is 1.08. The Morgan fingerprint density at radius 3 is 2.55 bits per heavy atom. The summed E-state index contributed by atoms with van der Waals surface area (Å²) >= 11 is 1.64. The van der Waals surface area contributed by atoms with E-state index in [0.29, 0.717) is 0 Å². The highest BCUT2D eigenvalue weighted by Crippen LogP contribution is 2.38. The van der Waals surface area contributed by atoms with Gasteiger partial charge in [-0.25, -0.2) is 0 Å². The van der Waals surface area contributed by atoms with Gasteiger partial charge in [0, 0.05) is 27.1 Å². The number of ether oxygens (including phenoxy) is 1. The van der Waals surface area contributed by atoms with Crippen LogP contribution < -0.4 is 4.74 Å². The maximum atomic E-state index is 10.7. The van der Waals surface area contributed by atoms with Crippen LogP contribution >= 0.6 is 11.3 Å². The molecule has 0 N–H and O–H groups in total. The van der Waals surface area contributed by atoms with Crippen LogP contribution in [0, 0.1) is 10.1 Å². The van der Waals surface area contributed by atoms with Crippen molar-refractivity contribution in [2.24, 2.45) is 0 Å². The van der Waals surface area contributed by atoms with Crippen LogP contribution in [0.1, 0.15) is 0 Å². The minimum absolute atomic E-state index is 0.104. The highest BCUT2D eigenvalue weighted by atomic mass is 32.1. The van der Waals surface area contributed by atoms with Crippen LogP contribution in [0.2, 0.25) is 0 Å². The summed E-state index contributed by atoms with van der Waals surface area (Å²) in [6, 6.07) is 14.6. The Hall–Kier alpha value is -2.40. The van der Waals surface area contributed by atoms with Crippen LogP contribution in [0.3, 0.4) is 0 Å². The first-order valence-corrected chi connectivity index (χ1v) is 6.82. The van der Waals surface area contributed by atoms with Crippen molar-refractivity contribution in [1.82, 2.24) is 0 Å². The summed E-state index contributed by atoms with van der Waals surface area (Å²) in [4.78, 5) is 11.3. The molecule has 3 aromatic rings. The molecule has 4 nitrogen and oxygen atoms in total. The predicted octanol–water partition coefficient (Wildman–Crippen LogP) is 4.49. The highest BCUT2D eigenvalue weighted by Gasteiger charge is 2.10. The van der Waals surface area contributed by atoms with Crippen LogP contribution in [-0.2, 0) is 0 Å². The minimum Gasteiger partial charge on any atom is -0.496 e. The van der Waals surface area contributed by atoms with Crippen molar-refractivity contribution in [3.8, 4) is 16.2 Å². The van der Waals surface area contributed by atoms with Gasteiger partial charge in [-0.1, -0.05) is 6.07 Å². The molecule has 100 valence electrons. The Kier molecular flexibility index (Phi) is 3.12. The van der Waals surface area contributed by atoms with E-state index in [1.165, 1.54) is 12.1 Å². The second kappa shape index (κ2) is 4.94. The molecule has 0 saturated heterocycles. The van der Waals surface area contributed by atoms with Gasteiger partial charge in [-0.15, -0.1) is 11.3 Å². The second-order valence-electron chi connectivity index (χ2n) is 4.29. The summed E-state index contributed by atoms with van der Waals surface area (Å²) in [6.07, 6.45) is 0. The number of methoxy groups -OCH3 is 1. The van der Waals surface area contributed by atoms with Gasteiger partial charge in [0.25, 0.3) is 5.69 Å². The van der Waals surface area contributed by atoms with Gasteiger partial charge in [0.15, 0.2) is 0 Å². The maximum absolute atomic E-state index is 10.7. The fourth-order valence-corrected chi connectivity index (χ4v) is 3.19. The smallest absolute Gasteiger partial charge is 0.269 e. The number of hydrogen-bond acceptors (Lipinski definition) is 4. The van der Waals surface area contributed by atoms with Crippen molar-refractivity contribution in [1.29, 1.82) is 0 Å². The van der Waals surface area contributed by atoms with Gasteiger partial charge < -0.3 is 4.74 Å². The van der Waals surface area contributed by atoms with Gasteiger partial charge in [0.1, 0.15) is 5.75 Å². The normalized spacial score (nSPS) is 10.7. The first-order valence-electron chi connectivity index (χ1n) is 6.00. The number of benzene rings is 2. The van der Waals surface area contributed by atoms with Crippen LogP contribution in [0.4, 0.5) is 5.69 Å². The standard InChI is InChI=1S/C15H11NO3S/c1-19-13-3-2-4-14-12(13)9-15(20-14)10-5-7-11(8-6-10)16(17)18/h2-9H,1H3. The Balaban J connectivity index is 2.08. The van der Waals surface area contributed by atoms with E-state index < -0.39 is 4.92 Å². The molecule has 1 aromatic heterocycles. The molecule has 0 unspecified atom stereocenters. The monoisotopic (exact) mass is 285 g/mol. The quantitative estimate of drug-likeness (QED) is 0.526. The van der Waals surface area contributed by atoms with Crippen molar-refractivity contribution < 1.29 is 9.66 Å². The summed E-state index contributed by atoms with van der Waals surface area (Å²) in [5, 5.41) is 11.7. The van der Waals surface area contributed by atoms with Gasteiger partial charge >= 0.3 is 0 Å². The molecule has 2 aromatic carbocycles. The summed E-state index contributed by atoms with van der Waals surface area (Å²) < 4.78 is 6.48. The van der Waals surface area contributed by atoms with Gasteiger partial charge in [-0.3, -0.25) is 10.1 Å². The molecule has 1 heterocycles. The SMILES string of the molecule is COc1cccc2sc(-c3ccc([N+](=O)[O-])cc3)cc12. The lowest BCUT2D eigenvalue weighted by Gasteiger charge is -1.99. The average Bonchev–Trinajstić information content (AvgIpc) is 2.91. The van der Waals surface area contributed by atoms with Crippen molar-refractivity contribution in [3.05, 3.63) is 58.6 Å². The highest BCUT2D eigenvalue weighted by molar-refractivity contribution is 7.22. The lowest BCUT2D eigenvalue weighted by atomic mass is 10.1. The largest absolute Gasteiger partial charge is 0.496 e. The molecular formula is C15H11NO3S. The molecule has 0 aliphatic rings. The number of nitro benzene ring substituents is 1. The number of nitro groups is 1. The van der Waals surface area contributed by atoms with Crippen molar-refractivity contribution >= 4 is 27.1 Å². The van der Waals surface area contributed by atoms with Crippen LogP contribution in [0.15, 0.2) is 48.5 Å². The molecular weight excluding hydrogens is 274 g/mol. The van der Waals surface area contributed by atoms with E-state index in [9.17, 15) is 10.1 Å². The van der Waals surface area contributed by atoms with Crippen LogP contribution in [0.25, 0.3) is 20.5 Å². The Morgan fingerprint density at radius 2 is 1.90 bits per heavy atom. The number of fused-ring (bicyclic) bond motifs is 1. The molecule has 3 rings (SSSR count). The lowest BCUT2D eigenvalue weighted by molar-refractivity contribution is -0.384. The van der Waals surface area contributed by atoms with Crippen molar-refractivity contribution in [2.75, 3.05) is 7.11 Å². The van der Waals surface area contributed by atoms with Gasteiger partial charge in [-0.2, -0.15) is 0 Å². The zero-order valence-electron chi connectivity index (χ0n) is 10.7. The molecule has 0 saturated carbocycles. The predicted molar refractivity (Wildman–Crippen MR) is 80.5 cm³/mol. The van der Waals surface area contributed by atoms with Crippen LogP contribution in [0.5, 0.6) is 5.75 Å². The third-order valence-electron chi connectivity index (χ3n) is 3.10. The van der Waals surface area contributed by atoms with Gasteiger partial charge in [0.05, 0.1) is 12.0 Å². The fourth-order valence-electron chi connectivity index (χ4n) is 2.10. The summed E-state index contributed by atoms with van der Waals surface area (Å²) in [7, 11) is 1.65. The number of thiophene rings is 1. The molecule has 0 aliphatic heterocycles. The van der Waals surface area contributed by atoms with Crippen LogP contribution in [-0.4, -0.2) is 12.0 Å². The number of hydrogen-bond donors (Lipinski definition) is 0. The molecule has 0 fully saturated rings. The zero-order valence-corrected chi connectivity index (χ0v) is 11.5. The van der Waals surface area contributed by atoms with Crippen molar-refractivity contribution in [2.45, 2.75) is 0 Å². The fraction of sp³-hybridized carbons (Fsp3) is 0.0667. The minimum atomic E-state index is -0.391. The van der Waals surface area contributed by atoms with E-state index in [2.05, 4.69) is 6.07 Å². The van der Waals surface area contributed by atoms with E-state index in [1.54, 1.807) is 30.6 Å². The lowest BCUT2D eigenvalue weighted by Crippen LogP contribution is -1.86. The third-order valence-corrected chi connectivity index (χ3v) is 4.25. The molecule has 0 radical (unpaired) electrons. The Labute approximate surface area is 119 Å². The Morgan fingerprint density at radius 1 is 1.15 bits per heavy atom. The maximum Gasteiger partial charge on any atom is 0.269 e. The third kappa shape index (κ3) is 2.12. The molecule has 0 spiro atoms. The van der Waals surface area contributed by atoms with Crippen molar-refractivity contribution in [3.63, 3.8) is 0 Å². The van der Waals surface area contributed by atoms with E-state index in [1.807, 2.05) is 18.2 Å². The first-order chi connectivity index (χ1) is 9.69. The van der Waals surface area contributed by atoms with E-state index in [-0.39, 0.29) is 5.69 Å². The van der Waals surface area contributed by atoms with E-state index >= 15 is 0 Å². The number of nitrogens with zero attached hydrogens (tertiary/aromatic N) is 1. The number of rotatable bonds is 3. The zero-order chi connectivity index (χ0) is 14.1. The molecule has 20 heavy (non-hydrogen) atoms.